The number of aromatic nitrogens is 3. The van der Waals surface area contributed by atoms with Gasteiger partial charge in [0.25, 0.3) is 0 Å². The quantitative estimate of drug-likeness (QED) is 0.804. The molecule has 0 aliphatic heterocycles. The second kappa shape index (κ2) is 5.78. The summed E-state index contributed by atoms with van der Waals surface area (Å²) in [4.78, 5) is 18.8. The second-order valence-corrected chi connectivity index (χ2v) is 7.16. The summed E-state index contributed by atoms with van der Waals surface area (Å²) in [6.07, 6.45) is 0. The smallest absolute Gasteiger partial charge is 0.239 e. The lowest BCUT2D eigenvalue weighted by Gasteiger charge is -2.24. The number of benzene rings is 1. The van der Waals surface area contributed by atoms with Crippen LogP contribution in [0.4, 0.5) is 5.82 Å². The highest BCUT2D eigenvalue weighted by atomic mass is 16.2. The first-order chi connectivity index (χ1) is 11.2. The van der Waals surface area contributed by atoms with Gasteiger partial charge in [0.15, 0.2) is 5.65 Å². The molecule has 0 fully saturated rings. The van der Waals surface area contributed by atoms with Crippen molar-refractivity contribution in [2.75, 3.05) is 18.5 Å². The highest BCUT2D eigenvalue weighted by molar-refractivity contribution is 5.93. The maximum Gasteiger partial charge on any atom is 0.239 e. The summed E-state index contributed by atoms with van der Waals surface area (Å²) >= 11 is 0. The Morgan fingerprint density at radius 3 is 2.71 bits per heavy atom. The van der Waals surface area contributed by atoms with Crippen LogP contribution in [0.15, 0.2) is 30.3 Å². The first kappa shape index (κ1) is 16.2. The number of para-hydroxylation sites is 1. The number of amides is 1. The van der Waals surface area contributed by atoms with Gasteiger partial charge < -0.3 is 10.2 Å². The number of anilines is 1. The maximum atomic E-state index is 12.2. The average Bonchev–Trinajstić information content (AvgIpc) is 2.84. The molecule has 6 heteroatoms. The van der Waals surface area contributed by atoms with E-state index < -0.39 is 0 Å². The van der Waals surface area contributed by atoms with Gasteiger partial charge >= 0.3 is 0 Å². The molecule has 1 N–H and O–H groups in total. The molecule has 1 aromatic carbocycles. The first-order valence-corrected chi connectivity index (χ1v) is 8.02. The van der Waals surface area contributed by atoms with Crippen molar-refractivity contribution in [2.45, 2.75) is 33.2 Å². The van der Waals surface area contributed by atoms with Gasteiger partial charge in [-0.3, -0.25) is 4.79 Å². The van der Waals surface area contributed by atoms with Gasteiger partial charge in [-0.1, -0.05) is 12.1 Å². The largest absolute Gasteiger partial charge is 0.350 e. The van der Waals surface area contributed by atoms with Gasteiger partial charge in [0.05, 0.1) is 17.8 Å². The minimum absolute atomic E-state index is 0.0274. The lowest BCUT2D eigenvalue weighted by Crippen LogP contribution is -2.45. The molecule has 0 saturated carbocycles. The molecule has 1 amide bonds. The van der Waals surface area contributed by atoms with Crippen molar-refractivity contribution in [3.05, 3.63) is 36.0 Å². The number of hydrogen-bond acceptors (Lipinski definition) is 4. The minimum atomic E-state index is -0.250. The van der Waals surface area contributed by atoms with E-state index in [2.05, 4.69) is 10.4 Å². The molecule has 0 spiro atoms. The Labute approximate surface area is 141 Å². The van der Waals surface area contributed by atoms with E-state index in [-0.39, 0.29) is 18.0 Å². The Kier molecular flexibility index (Phi) is 3.91. The predicted octanol–water partition coefficient (Wildman–Crippen LogP) is 2.54. The molecule has 3 rings (SSSR count). The molecule has 6 nitrogen and oxygen atoms in total. The van der Waals surface area contributed by atoms with Gasteiger partial charge in [-0.15, -0.1) is 0 Å². The molecule has 0 aliphatic rings. The van der Waals surface area contributed by atoms with Gasteiger partial charge in [-0.2, -0.15) is 5.10 Å². The summed E-state index contributed by atoms with van der Waals surface area (Å²) in [5.41, 5.74) is 2.43. The van der Waals surface area contributed by atoms with Crippen molar-refractivity contribution in [1.29, 1.82) is 0 Å². The van der Waals surface area contributed by atoms with Gasteiger partial charge in [-0.25, -0.2) is 9.50 Å². The Balaban J connectivity index is 2.02. The maximum absolute atomic E-state index is 12.2. The fourth-order valence-electron chi connectivity index (χ4n) is 2.80. The van der Waals surface area contributed by atoms with Crippen LogP contribution in [0.5, 0.6) is 0 Å². The van der Waals surface area contributed by atoms with Crippen LogP contribution in [0.3, 0.4) is 0 Å². The molecule has 3 aromatic rings. The molecule has 2 aromatic heterocycles. The van der Waals surface area contributed by atoms with E-state index in [1.54, 1.807) is 0 Å². The van der Waals surface area contributed by atoms with Crippen LogP contribution in [-0.4, -0.2) is 39.6 Å². The molecule has 2 heterocycles. The fourth-order valence-corrected chi connectivity index (χ4v) is 2.80. The highest BCUT2D eigenvalue weighted by Crippen LogP contribution is 2.25. The van der Waals surface area contributed by atoms with Crippen LogP contribution in [0.1, 0.15) is 26.5 Å². The number of rotatable bonds is 3. The molecule has 0 atom stereocenters. The van der Waals surface area contributed by atoms with Crippen LogP contribution < -0.4 is 10.2 Å². The van der Waals surface area contributed by atoms with E-state index in [0.29, 0.717) is 0 Å². The Hall–Kier alpha value is -2.63. The summed E-state index contributed by atoms with van der Waals surface area (Å²) < 4.78 is 1.84. The van der Waals surface area contributed by atoms with Gasteiger partial charge in [0.2, 0.25) is 5.91 Å². The number of hydrogen-bond donors (Lipinski definition) is 1. The van der Waals surface area contributed by atoms with Crippen molar-refractivity contribution < 1.29 is 4.79 Å². The second-order valence-electron chi connectivity index (χ2n) is 7.16. The third kappa shape index (κ3) is 3.18. The number of fused-ring (bicyclic) bond motifs is 3. The number of carbonyl (C=O) groups excluding carboxylic acids is 1. The zero-order chi connectivity index (χ0) is 17.5. The summed E-state index contributed by atoms with van der Waals surface area (Å²) in [5, 5.41) is 8.46. The molecular weight excluding hydrogens is 302 g/mol. The number of likely N-dealkylation sites (N-methyl/N-ethyl adjacent to an activating group) is 1. The fraction of sp³-hybridized carbons (Fsp3) is 0.389. The summed E-state index contributed by atoms with van der Waals surface area (Å²) in [6, 6.07) is 9.92. The van der Waals surface area contributed by atoms with E-state index in [4.69, 9.17) is 4.98 Å². The average molecular weight is 325 g/mol. The number of nitrogens with zero attached hydrogens (tertiary/aromatic N) is 4. The normalized spacial score (nSPS) is 11.9. The number of aryl methyl sites for hydroxylation is 1. The molecule has 0 bridgehead atoms. The van der Waals surface area contributed by atoms with Gasteiger partial charge in [0.1, 0.15) is 5.82 Å². The van der Waals surface area contributed by atoms with E-state index in [9.17, 15) is 4.79 Å². The molecule has 0 saturated heterocycles. The van der Waals surface area contributed by atoms with E-state index in [1.807, 2.05) is 74.5 Å². The standard InChI is InChI=1S/C18H23N5O/c1-12-10-15-19-17(22(5)11-16(24)20-18(2,3)4)13-8-6-7-9-14(13)23(15)21-12/h6-10H,11H2,1-5H3,(H,20,24). The van der Waals surface area contributed by atoms with Crippen LogP contribution in [0, 0.1) is 6.92 Å². The first-order valence-electron chi connectivity index (χ1n) is 8.02. The van der Waals surface area contributed by atoms with E-state index in [1.165, 1.54) is 0 Å². The molecular formula is C18H23N5O. The van der Waals surface area contributed by atoms with Crippen LogP contribution >= 0.6 is 0 Å². The molecule has 126 valence electrons. The van der Waals surface area contributed by atoms with Crippen molar-refractivity contribution in [3.63, 3.8) is 0 Å². The minimum Gasteiger partial charge on any atom is -0.350 e. The van der Waals surface area contributed by atoms with Crippen LogP contribution in [-0.2, 0) is 4.79 Å². The summed E-state index contributed by atoms with van der Waals surface area (Å²) in [6.45, 7) is 8.11. The topological polar surface area (TPSA) is 62.5 Å². The van der Waals surface area contributed by atoms with Gasteiger partial charge in [-0.05, 0) is 39.8 Å². The Morgan fingerprint density at radius 1 is 1.29 bits per heavy atom. The summed E-state index contributed by atoms with van der Waals surface area (Å²) in [5.74, 6) is 0.752. The highest BCUT2D eigenvalue weighted by Gasteiger charge is 2.18. The van der Waals surface area contributed by atoms with E-state index >= 15 is 0 Å². The SMILES string of the molecule is Cc1cc2nc(N(C)CC(=O)NC(C)(C)C)c3ccccc3n2n1. The third-order valence-corrected chi connectivity index (χ3v) is 3.66. The molecule has 0 unspecified atom stereocenters. The van der Waals surface area contributed by atoms with E-state index in [0.717, 1.165) is 28.1 Å². The monoisotopic (exact) mass is 325 g/mol. The van der Waals surface area contributed by atoms with Crippen molar-refractivity contribution in [2.24, 2.45) is 0 Å². The third-order valence-electron chi connectivity index (χ3n) is 3.66. The predicted molar refractivity (Wildman–Crippen MR) is 96.4 cm³/mol. The van der Waals surface area contributed by atoms with Crippen molar-refractivity contribution >= 4 is 28.3 Å². The molecule has 0 radical (unpaired) electrons. The van der Waals surface area contributed by atoms with Crippen molar-refractivity contribution in [3.8, 4) is 0 Å². The zero-order valence-electron chi connectivity index (χ0n) is 14.8. The van der Waals surface area contributed by atoms with Gasteiger partial charge in [0, 0.05) is 24.0 Å². The van der Waals surface area contributed by atoms with Crippen molar-refractivity contribution in [1.82, 2.24) is 19.9 Å². The Morgan fingerprint density at radius 2 is 2.00 bits per heavy atom. The molecule has 24 heavy (non-hydrogen) atoms. The van der Waals surface area contributed by atoms with Crippen LogP contribution in [0.25, 0.3) is 16.6 Å². The zero-order valence-corrected chi connectivity index (χ0v) is 14.8. The van der Waals surface area contributed by atoms with Crippen LogP contribution in [0.2, 0.25) is 0 Å². The Bertz CT molecular complexity index is 907. The number of nitrogens with one attached hydrogen (secondary N) is 1. The lowest BCUT2D eigenvalue weighted by molar-refractivity contribution is -0.121. The number of carbonyl (C=O) groups is 1. The molecule has 0 aliphatic carbocycles. The summed E-state index contributed by atoms with van der Waals surface area (Å²) in [7, 11) is 1.89. The lowest BCUT2D eigenvalue weighted by atomic mass is 10.1.